The molecule has 0 saturated carbocycles. The summed E-state index contributed by atoms with van der Waals surface area (Å²) < 4.78 is 0. The Kier molecular flexibility index (Phi) is 4.30. The molecule has 2 aromatic rings. The molecule has 126 valence electrons. The van der Waals surface area contributed by atoms with Crippen molar-refractivity contribution in [1.29, 1.82) is 0 Å². The van der Waals surface area contributed by atoms with Gasteiger partial charge in [-0.3, -0.25) is 19.7 Å². The first-order valence-corrected chi connectivity index (χ1v) is 7.80. The average molecular weight is 330 g/mol. The fourth-order valence-electron chi connectivity index (χ4n) is 3.07. The molecule has 0 bridgehead atoms. The number of non-ortho nitro benzene ring substituents is 1. The molecule has 2 heterocycles. The van der Waals surface area contributed by atoms with Crippen LogP contribution in [0.3, 0.4) is 0 Å². The van der Waals surface area contributed by atoms with E-state index in [1.165, 1.54) is 24.3 Å². The number of carbonyl (C=O) groups excluding carboxylic acids is 1. The summed E-state index contributed by atoms with van der Waals surface area (Å²) in [5, 5.41) is 17.6. The molecule has 1 aromatic carbocycles. The molecule has 0 spiro atoms. The second kappa shape index (κ2) is 6.40. The molecule has 0 aliphatic carbocycles. The van der Waals surface area contributed by atoms with Crippen LogP contribution in [0.25, 0.3) is 10.9 Å². The highest BCUT2D eigenvalue weighted by Crippen LogP contribution is 2.22. The third kappa shape index (κ3) is 3.28. The summed E-state index contributed by atoms with van der Waals surface area (Å²) in [5.74, 6) is -0.384. The predicted octanol–water partition coefficient (Wildman–Crippen LogP) is 1.31. The quantitative estimate of drug-likeness (QED) is 0.579. The molecule has 1 aliphatic heterocycles. The van der Waals surface area contributed by atoms with Gasteiger partial charge < -0.3 is 15.6 Å². The Hall–Kier alpha value is -2.74. The van der Waals surface area contributed by atoms with Crippen LogP contribution >= 0.6 is 0 Å². The normalized spacial score (nSPS) is 20.7. The molecule has 1 amide bonds. The fraction of sp³-hybridized carbons (Fsp3) is 0.375. The minimum Gasteiger partial charge on any atom is -0.349 e. The van der Waals surface area contributed by atoms with Gasteiger partial charge in [-0.15, -0.1) is 0 Å². The molecule has 24 heavy (non-hydrogen) atoms. The molecular weight excluding hydrogens is 312 g/mol. The largest absolute Gasteiger partial charge is 0.349 e. The molecule has 2 unspecified atom stereocenters. The Bertz CT molecular complexity index is 861. The van der Waals surface area contributed by atoms with Crippen molar-refractivity contribution in [2.45, 2.75) is 31.8 Å². The maximum Gasteiger partial charge on any atom is 0.270 e. The zero-order chi connectivity index (χ0) is 17.3. The van der Waals surface area contributed by atoms with Crippen molar-refractivity contribution in [3.63, 3.8) is 0 Å². The van der Waals surface area contributed by atoms with Crippen molar-refractivity contribution in [2.75, 3.05) is 6.54 Å². The summed E-state index contributed by atoms with van der Waals surface area (Å²) in [7, 11) is 0. The van der Waals surface area contributed by atoms with Gasteiger partial charge in [0.05, 0.1) is 10.5 Å². The van der Waals surface area contributed by atoms with Crippen molar-refractivity contribution in [3.05, 3.63) is 50.3 Å². The third-order valence-corrected chi connectivity index (χ3v) is 4.24. The number of pyridine rings is 1. The maximum atomic E-state index is 12.6. The van der Waals surface area contributed by atoms with Gasteiger partial charge in [-0.05, 0) is 32.4 Å². The Labute approximate surface area is 137 Å². The molecular formula is C16H18N4O4. The summed E-state index contributed by atoms with van der Waals surface area (Å²) in [4.78, 5) is 37.4. The second-order valence-electron chi connectivity index (χ2n) is 6.08. The van der Waals surface area contributed by atoms with E-state index in [2.05, 4.69) is 15.6 Å². The second-order valence-corrected chi connectivity index (χ2v) is 6.08. The number of nitro groups is 1. The zero-order valence-corrected chi connectivity index (χ0v) is 13.2. The molecule has 8 nitrogen and oxygen atoms in total. The van der Waals surface area contributed by atoms with Crippen LogP contribution in [0.5, 0.6) is 0 Å². The van der Waals surface area contributed by atoms with Crippen molar-refractivity contribution in [3.8, 4) is 0 Å². The fourth-order valence-corrected chi connectivity index (χ4v) is 3.07. The van der Waals surface area contributed by atoms with Gasteiger partial charge in [0, 0.05) is 41.2 Å². The number of rotatable bonds is 3. The summed E-state index contributed by atoms with van der Waals surface area (Å²) >= 11 is 0. The Morgan fingerprint density at radius 3 is 2.88 bits per heavy atom. The Morgan fingerprint density at radius 2 is 2.17 bits per heavy atom. The predicted molar refractivity (Wildman–Crippen MR) is 89.2 cm³/mol. The van der Waals surface area contributed by atoms with Crippen LogP contribution in [0.2, 0.25) is 0 Å². The highest BCUT2D eigenvalue weighted by atomic mass is 16.6. The number of piperidine rings is 1. The lowest BCUT2D eigenvalue weighted by atomic mass is 9.99. The van der Waals surface area contributed by atoms with Gasteiger partial charge in [-0.25, -0.2) is 0 Å². The molecule has 1 aliphatic rings. The number of nitrogens with one attached hydrogen (secondary N) is 3. The highest BCUT2D eigenvalue weighted by molar-refractivity contribution is 6.06. The van der Waals surface area contributed by atoms with Crippen LogP contribution < -0.4 is 16.2 Å². The van der Waals surface area contributed by atoms with E-state index in [1.807, 2.05) is 6.92 Å². The lowest BCUT2D eigenvalue weighted by Gasteiger charge is -2.28. The average Bonchev–Trinajstić information content (AvgIpc) is 2.53. The number of benzene rings is 1. The van der Waals surface area contributed by atoms with Gasteiger partial charge in [0.15, 0.2) is 0 Å². The minimum absolute atomic E-state index is 0.0155. The van der Waals surface area contributed by atoms with Gasteiger partial charge in [0.2, 0.25) is 5.56 Å². The number of carbonyl (C=O) groups is 1. The number of fused-ring (bicyclic) bond motifs is 1. The van der Waals surface area contributed by atoms with E-state index in [1.54, 1.807) is 0 Å². The van der Waals surface area contributed by atoms with Crippen LogP contribution in [-0.2, 0) is 0 Å². The van der Waals surface area contributed by atoms with Crippen molar-refractivity contribution in [2.24, 2.45) is 0 Å². The molecule has 0 radical (unpaired) electrons. The highest BCUT2D eigenvalue weighted by Gasteiger charge is 2.22. The number of H-pyrrole nitrogens is 1. The van der Waals surface area contributed by atoms with E-state index in [0.29, 0.717) is 16.9 Å². The zero-order valence-electron chi connectivity index (χ0n) is 13.2. The number of aromatic amines is 1. The van der Waals surface area contributed by atoms with Crippen molar-refractivity contribution in [1.82, 2.24) is 15.6 Å². The topological polar surface area (TPSA) is 117 Å². The molecule has 1 fully saturated rings. The SMILES string of the molecule is CC1CC(NC(=O)c2cc(=O)[nH]c3ccc([N+](=O)[O-])cc23)CCN1. The first-order valence-electron chi connectivity index (χ1n) is 7.80. The molecule has 3 rings (SSSR count). The third-order valence-electron chi connectivity index (χ3n) is 4.24. The molecule has 1 aromatic heterocycles. The monoisotopic (exact) mass is 330 g/mol. The smallest absolute Gasteiger partial charge is 0.270 e. The van der Waals surface area contributed by atoms with Gasteiger partial charge in [0.25, 0.3) is 11.6 Å². The number of amides is 1. The lowest BCUT2D eigenvalue weighted by Crippen LogP contribution is -2.46. The summed E-state index contributed by atoms with van der Waals surface area (Å²) in [6.45, 7) is 2.86. The van der Waals surface area contributed by atoms with Gasteiger partial charge in [0.1, 0.15) is 0 Å². The molecule has 1 saturated heterocycles. The minimum atomic E-state index is -0.527. The lowest BCUT2D eigenvalue weighted by molar-refractivity contribution is -0.384. The van der Waals surface area contributed by atoms with Crippen LogP contribution in [0.4, 0.5) is 5.69 Å². The number of nitro benzene ring substituents is 1. The van der Waals surface area contributed by atoms with Gasteiger partial charge in [-0.1, -0.05) is 0 Å². The van der Waals surface area contributed by atoms with Crippen LogP contribution in [0.15, 0.2) is 29.1 Å². The summed E-state index contributed by atoms with van der Waals surface area (Å²) in [6, 6.07) is 5.56. The maximum absolute atomic E-state index is 12.6. The molecule has 2 atom stereocenters. The van der Waals surface area contributed by atoms with E-state index in [0.717, 1.165) is 19.4 Å². The van der Waals surface area contributed by atoms with Crippen LogP contribution in [0.1, 0.15) is 30.1 Å². The van der Waals surface area contributed by atoms with E-state index in [4.69, 9.17) is 0 Å². The Morgan fingerprint density at radius 1 is 1.38 bits per heavy atom. The van der Waals surface area contributed by atoms with Gasteiger partial charge in [-0.2, -0.15) is 0 Å². The first-order chi connectivity index (χ1) is 11.4. The number of aromatic nitrogens is 1. The number of hydrogen-bond acceptors (Lipinski definition) is 5. The molecule has 8 heteroatoms. The van der Waals surface area contributed by atoms with Gasteiger partial charge >= 0.3 is 0 Å². The summed E-state index contributed by atoms with van der Waals surface area (Å²) in [6.07, 6.45) is 1.60. The van der Waals surface area contributed by atoms with Crippen molar-refractivity contribution >= 4 is 22.5 Å². The summed E-state index contributed by atoms with van der Waals surface area (Å²) in [5.41, 5.74) is 0.0137. The first kappa shape index (κ1) is 16.1. The van der Waals surface area contributed by atoms with E-state index in [-0.39, 0.29) is 23.2 Å². The number of hydrogen-bond donors (Lipinski definition) is 3. The van der Waals surface area contributed by atoms with Crippen molar-refractivity contribution < 1.29 is 9.72 Å². The van der Waals surface area contributed by atoms with Crippen LogP contribution in [0, 0.1) is 10.1 Å². The number of nitrogens with zero attached hydrogens (tertiary/aromatic N) is 1. The molecule has 3 N–H and O–H groups in total. The van der Waals surface area contributed by atoms with E-state index >= 15 is 0 Å². The Balaban J connectivity index is 1.97. The van der Waals surface area contributed by atoms with E-state index in [9.17, 15) is 19.7 Å². The van der Waals surface area contributed by atoms with Crippen LogP contribution in [-0.4, -0.2) is 34.4 Å². The standard InChI is InChI=1S/C16H18N4O4/c1-9-6-10(4-5-17-9)18-16(22)13-8-15(21)19-14-3-2-11(20(23)24)7-12(13)14/h2-3,7-10,17H,4-6H2,1H3,(H,18,22)(H,19,21). The van der Waals surface area contributed by atoms with E-state index < -0.39 is 10.5 Å².